The van der Waals surface area contributed by atoms with Crippen LogP contribution in [0.2, 0.25) is 0 Å². The molecule has 0 unspecified atom stereocenters. The Bertz CT molecular complexity index is 319. The highest BCUT2D eigenvalue weighted by atomic mass is 31.2. The van der Waals surface area contributed by atoms with Crippen molar-refractivity contribution in [2.24, 2.45) is 0 Å². The summed E-state index contributed by atoms with van der Waals surface area (Å²) >= 11 is 0. The third-order valence-corrected chi connectivity index (χ3v) is 2.10. The zero-order valence-electron chi connectivity index (χ0n) is 9.20. The van der Waals surface area contributed by atoms with E-state index in [0.29, 0.717) is 19.3 Å². The second-order valence-electron chi connectivity index (χ2n) is 3.14. The van der Waals surface area contributed by atoms with Gasteiger partial charge in [0, 0.05) is 12.5 Å². The first kappa shape index (κ1) is 15.8. The van der Waals surface area contributed by atoms with Gasteiger partial charge in [-0.05, 0) is 19.3 Å². The molecule has 0 amide bonds. The van der Waals surface area contributed by atoms with Gasteiger partial charge in [0.1, 0.15) is 0 Å². The van der Waals surface area contributed by atoms with E-state index in [4.69, 9.17) is 9.79 Å². The van der Waals surface area contributed by atoms with Gasteiger partial charge in [0.15, 0.2) is 0 Å². The number of ether oxygens (including phenoxy) is 1. The van der Waals surface area contributed by atoms with Crippen LogP contribution in [0.5, 0.6) is 0 Å². The molecule has 7 nitrogen and oxygen atoms in total. The zero-order valence-corrected chi connectivity index (χ0v) is 10.1. The first-order valence-electron chi connectivity index (χ1n) is 4.92. The van der Waals surface area contributed by atoms with Crippen LogP contribution in [0.3, 0.4) is 0 Å². The summed E-state index contributed by atoms with van der Waals surface area (Å²) in [7, 11) is -4.73. The van der Waals surface area contributed by atoms with Crippen molar-refractivity contribution >= 4 is 19.8 Å². The summed E-state index contributed by atoms with van der Waals surface area (Å²) in [6.45, 7) is 3.44. The Hall–Kier alpha value is -1.17. The van der Waals surface area contributed by atoms with E-state index in [-0.39, 0.29) is 13.0 Å². The lowest BCUT2D eigenvalue weighted by atomic mass is 10.2. The molecular weight excluding hydrogens is 251 g/mol. The van der Waals surface area contributed by atoms with E-state index in [1.807, 2.05) is 0 Å². The van der Waals surface area contributed by atoms with Crippen LogP contribution in [0, 0.1) is 0 Å². The predicted octanol–water partition coefficient (Wildman–Crippen LogP) is 0.912. The molecule has 98 valence electrons. The maximum Gasteiger partial charge on any atom is 0.526 e. The number of carbonyl (C=O) groups is 2. The number of unbranched alkanes of at least 4 members (excludes halogenated alkanes) is 2. The van der Waals surface area contributed by atoms with E-state index in [9.17, 15) is 14.2 Å². The van der Waals surface area contributed by atoms with Crippen molar-refractivity contribution in [3.05, 3.63) is 12.7 Å². The molecule has 0 aliphatic heterocycles. The van der Waals surface area contributed by atoms with Gasteiger partial charge in [0.25, 0.3) is 0 Å². The topological polar surface area (TPSA) is 110 Å². The zero-order chi connectivity index (χ0) is 13.3. The normalized spacial score (nSPS) is 10.7. The lowest BCUT2D eigenvalue weighted by molar-refractivity contribution is -0.138. The molecule has 0 spiro atoms. The molecular formula is C9H15O7P. The molecule has 0 aliphatic rings. The number of esters is 1. The Morgan fingerprint density at radius 3 is 2.41 bits per heavy atom. The summed E-state index contributed by atoms with van der Waals surface area (Å²) < 4.78 is 18.8. The minimum atomic E-state index is -4.73. The summed E-state index contributed by atoms with van der Waals surface area (Å²) in [4.78, 5) is 38.1. The van der Waals surface area contributed by atoms with Crippen LogP contribution >= 0.6 is 7.82 Å². The summed E-state index contributed by atoms with van der Waals surface area (Å²) in [5.74, 6) is -1.45. The van der Waals surface area contributed by atoms with Crippen molar-refractivity contribution in [1.82, 2.24) is 0 Å². The summed E-state index contributed by atoms with van der Waals surface area (Å²) in [6, 6.07) is 0. The van der Waals surface area contributed by atoms with E-state index in [0.717, 1.165) is 6.08 Å². The quantitative estimate of drug-likeness (QED) is 0.291. The molecule has 0 fully saturated rings. The average molecular weight is 266 g/mol. The number of hydrogen-bond acceptors (Lipinski definition) is 5. The van der Waals surface area contributed by atoms with Gasteiger partial charge < -0.3 is 9.26 Å². The third kappa shape index (κ3) is 11.1. The number of rotatable bonds is 8. The Morgan fingerprint density at radius 2 is 1.88 bits per heavy atom. The molecule has 0 aromatic rings. The van der Waals surface area contributed by atoms with Gasteiger partial charge in [0.2, 0.25) is 0 Å². The first-order chi connectivity index (χ1) is 7.85. The van der Waals surface area contributed by atoms with Gasteiger partial charge in [-0.15, -0.1) is 0 Å². The molecule has 0 rings (SSSR count). The Kier molecular flexibility index (Phi) is 7.45. The Balaban J connectivity index is 3.46. The van der Waals surface area contributed by atoms with Crippen molar-refractivity contribution in [2.75, 3.05) is 6.61 Å². The molecule has 0 radical (unpaired) electrons. The monoisotopic (exact) mass is 266 g/mol. The van der Waals surface area contributed by atoms with Crippen molar-refractivity contribution in [2.45, 2.75) is 25.7 Å². The van der Waals surface area contributed by atoms with E-state index >= 15 is 0 Å². The molecule has 17 heavy (non-hydrogen) atoms. The number of carbonyl (C=O) groups excluding carboxylic acids is 2. The van der Waals surface area contributed by atoms with Crippen LogP contribution in [0.15, 0.2) is 12.7 Å². The van der Waals surface area contributed by atoms with Crippen LogP contribution in [0.25, 0.3) is 0 Å². The number of hydrogen-bond donors (Lipinski definition) is 2. The third-order valence-electron chi connectivity index (χ3n) is 1.66. The van der Waals surface area contributed by atoms with Crippen LogP contribution in [0.4, 0.5) is 0 Å². The molecule has 2 N–H and O–H groups in total. The number of phosphoric acid groups is 1. The summed E-state index contributed by atoms with van der Waals surface area (Å²) in [6.07, 6.45) is 2.52. The fourth-order valence-electron chi connectivity index (χ4n) is 0.958. The van der Waals surface area contributed by atoms with Gasteiger partial charge in [-0.3, -0.25) is 14.6 Å². The lowest BCUT2D eigenvalue weighted by Gasteiger charge is -2.05. The van der Waals surface area contributed by atoms with E-state index in [2.05, 4.69) is 15.8 Å². The maximum atomic E-state index is 10.8. The molecule has 0 atom stereocenters. The van der Waals surface area contributed by atoms with Crippen molar-refractivity contribution in [3.63, 3.8) is 0 Å². The van der Waals surface area contributed by atoms with Crippen LogP contribution in [-0.2, 0) is 23.4 Å². The SMILES string of the molecule is C=CC(=O)OCCCCCC(=O)OP(=O)(O)O. The molecule has 0 bridgehead atoms. The van der Waals surface area contributed by atoms with Gasteiger partial charge in [-0.1, -0.05) is 6.58 Å². The Labute approximate surface area is 98.7 Å². The second-order valence-corrected chi connectivity index (χ2v) is 4.30. The highest BCUT2D eigenvalue weighted by Crippen LogP contribution is 2.36. The van der Waals surface area contributed by atoms with Gasteiger partial charge in [-0.2, -0.15) is 0 Å². The largest absolute Gasteiger partial charge is 0.526 e. The van der Waals surface area contributed by atoms with Crippen LogP contribution in [0.1, 0.15) is 25.7 Å². The minimum Gasteiger partial charge on any atom is -0.463 e. The van der Waals surface area contributed by atoms with Gasteiger partial charge in [0.05, 0.1) is 6.61 Å². The number of phosphoric ester groups is 1. The fraction of sp³-hybridized carbons (Fsp3) is 0.556. The maximum absolute atomic E-state index is 10.8. The molecule has 0 aromatic heterocycles. The molecule has 0 aromatic carbocycles. The van der Waals surface area contributed by atoms with Crippen molar-refractivity contribution < 1.29 is 33.2 Å². The van der Waals surface area contributed by atoms with E-state index < -0.39 is 19.8 Å². The standard InChI is InChI=1S/C9H15O7P/c1-2-8(10)15-7-5-3-4-6-9(11)16-17(12,13)14/h2H,1,3-7H2,(H2,12,13,14). The predicted molar refractivity (Wildman–Crippen MR) is 57.8 cm³/mol. The fourth-order valence-corrected chi connectivity index (χ4v) is 1.31. The average Bonchev–Trinajstić information content (AvgIpc) is 2.20. The van der Waals surface area contributed by atoms with Gasteiger partial charge >= 0.3 is 19.8 Å². The highest BCUT2D eigenvalue weighted by molar-refractivity contribution is 7.46. The summed E-state index contributed by atoms with van der Waals surface area (Å²) in [5, 5.41) is 0. The van der Waals surface area contributed by atoms with E-state index in [1.165, 1.54) is 0 Å². The minimum absolute atomic E-state index is 0.0828. The van der Waals surface area contributed by atoms with E-state index in [1.54, 1.807) is 0 Å². The van der Waals surface area contributed by atoms with Crippen molar-refractivity contribution in [3.8, 4) is 0 Å². The molecule has 0 heterocycles. The van der Waals surface area contributed by atoms with Crippen LogP contribution < -0.4 is 0 Å². The van der Waals surface area contributed by atoms with Crippen molar-refractivity contribution in [1.29, 1.82) is 0 Å². The molecule has 8 heteroatoms. The van der Waals surface area contributed by atoms with Gasteiger partial charge in [-0.25, -0.2) is 9.36 Å². The Morgan fingerprint density at radius 1 is 1.24 bits per heavy atom. The molecule has 0 saturated carbocycles. The first-order valence-corrected chi connectivity index (χ1v) is 6.45. The van der Waals surface area contributed by atoms with Crippen LogP contribution in [-0.4, -0.2) is 28.3 Å². The smallest absolute Gasteiger partial charge is 0.463 e. The molecule has 0 saturated heterocycles. The highest BCUT2D eigenvalue weighted by Gasteiger charge is 2.19. The lowest BCUT2D eigenvalue weighted by Crippen LogP contribution is -2.04. The molecule has 0 aliphatic carbocycles. The second kappa shape index (κ2) is 8.00. The summed E-state index contributed by atoms with van der Waals surface area (Å²) in [5.41, 5.74) is 0.